The van der Waals surface area contributed by atoms with Crippen molar-refractivity contribution in [2.45, 2.75) is 32.6 Å². The van der Waals surface area contributed by atoms with Crippen molar-refractivity contribution >= 4 is 22.9 Å². The Morgan fingerprint density at radius 1 is 1.42 bits per heavy atom. The van der Waals surface area contributed by atoms with Crippen LogP contribution in [0.2, 0.25) is 0 Å². The van der Waals surface area contributed by atoms with Crippen molar-refractivity contribution in [3.05, 3.63) is 39.6 Å². The zero-order chi connectivity index (χ0) is 13.4. The van der Waals surface area contributed by atoms with Gasteiger partial charge in [0.15, 0.2) is 0 Å². The fourth-order valence-corrected chi connectivity index (χ4v) is 3.08. The molecule has 1 saturated carbocycles. The summed E-state index contributed by atoms with van der Waals surface area (Å²) in [4.78, 5) is 21.6. The number of hydrogen-bond acceptors (Lipinski definition) is 4. The van der Waals surface area contributed by atoms with E-state index in [1.165, 1.54) is 24.2 Å². The summed E-state index contributed by atoms with van der Waals surface area (Å²) >= 11 is 1.52. The summed E-state index contributed by atoms with van der Waals surface area (Å²) in [5.74, 6) is 0.515. The van der Waals surface area contributed by atoms with E-state index in [1.807, 2.05) is 19.9 Å². The van der Waals surface area contributed by atoms with Crippen molar-refractivity contribution in [3.8, 4) is 0 Å². The lowest BCUT2D eigenvalue weighted by atomic mass is 10.3. The van der Waals surface area contributed by atoms with Crippen molar-refractivity contribution in [2.24, 2.45) is 0 Å². The summed E-state index contributed by atoms with van der Waals surface area (Å²) in [7, 11) is 0. The van der Waals surface area contributed by atoms with Gasteiger partial charge in [0.25, 0.3) is 5.91 Å². The Balaban J connectivity index is 1.80. The van der Waals surface area contributed by atoms with Crippen molar-refractivity contribution in [2.75, 3.05) is 5.32 Å². The van der Waals surface area contributed by atoms with Crippen LogP contribution in [-0.4, -0.2) is 15.9 Å². The van der Waals surface area contributed by atoms with Gasteiger partial charge in [-0.3, -0.25) is 9.78 Å². The second kappa shape index (κ2) is 4.74. The molecule has 2 aromatic heterocycles. The van der Waals surface area contributed by atoms with Gasteiger partial charge in [-0.05, 0) is 38.8 Å². The molecule has 0 saturated heterocycles. The van der Waals surface area contributed by atoms with Crippen LogP contribution in [0.5, 0.6) is 0 Å². The zero-order valence-corrected chi connectivity index (χ0v) is 11.8. The molecule has 0 aliphatic heterocycles. The summed E-state index contributed by atoms with van der Waals surface area (Å²) in [6.45, 7) is 3.80. The van der Waals surface area contributed by atoms with Crippen LogP contribution in [0.4, 0.5) is 5.69 Å². The van der Waals surface area contributed by atoms with Gasteiger partial charge in [0, 0.05) is 23.5 Å². The van der Waals surface area contributed by atoms with E-state index in [2.05, 4.69) is 15.3 Å². The van der Waals surface area contributed by atoms with Crippen LogP contribution in [-0.2, 0) is 0 Å². The first kappa shape index (κ1) is 12.3. The number of hydrogen-bond donors (Lipinski definition) is 1. The predicted molar refractivity (Wildman–Crippen MR) is 75.8 cm³/mol. The highest BCUT2D eigenvalue weighted by Gasteiger charge is 2.28. The fourth-order valence-electron chi connectivity index (χ4n) is 1.94. The Morgan fingerprint density at radius 2 is 2.21 bits per heavy atom. The normalized spacial score (nSPS) is 14.4. The number of carbonyl (C=O) groups is 1. The van der Waals surface area contributed by atoms with E-state index in [9.17, 15) is 4.79 Å². The van der Waals surface area contributed by atoms with E-state index < -0.39 is 0 Å². The second-order valence-electron chi connectivity index (χ2n) is 4.88. The number of thiazole rings is 1. The molecular formula is C14H15N3OS. The topological polar surface area (TPSA) is 54.9 Å². The first-order valence-corrected chi connectivity index (χ1v) is 7.16. The van der Waals surface area contributed by atoms with Crippen molar-refractivity contribution in [1.82, 2.24) is 9.97 Å². The summed E-state index contributed by atoms with van der Waals surface area (Å²) in [6.07, 6.45) is 4.11. The molecule has 4 nitrogen and oxygen atoms in total. The molecule has 1 aliphatic carbocycles. The van der Waals surface area contributed by atoms with E-state index in [0.29, 0.717) is 5.92 Å². The van der Waals surface area contributed by atoms with Crippen molar-refractivity contribution < 1.29 is 4.79 Å². The second-order valence-corrected chi connectivity index (χ2v) is 5.91. The minimum absolute atomic E-state index is 0.0764. The summed E-state index contributed by atoms with van der Waals surface area (Å²) in [5, 5.41) is 4.01. The predicted octanol–water partition coefficient (Wildman–Crippen LogP) is 3.28. The first-order valence-electron chi connectivity index (χ1n) is 6.35. The van der Waals surface area contributed by atoms with Gasteiger partial charge in [0.2, 0.25) is 0 Å². The van der Waals surface area contributed by atoms with Gasteiger partial charge in [-0.1, -0.05) is 0 Å². The first-order chi connectivity index (χ1) is 9.13. The van der Waals surface area contributed by atoms with Gasteiger partial charge in [-0.15, -0.1) is 11.3 Å². The van der Waals surface area contributed by atoms with E-state index in [-0.39, 0.29) is 5.91 Å². The third kappa shape index (κ3) is 2.66. The van der Waals surface area contributed by atoms with E-state index in [0.717, 1.165) is 27.0 Å². The van der Waals surface area contributed by atoms with Gasteiger partial charge in [-0.25, -0.2) is 4.98 Å². The quantitative estimate of drug-likeness (QED) is 0.933. The molecule has 0 aromatic carbocycles. The molecule has 1 fully saturated rings. The van der Waals surface area contributed by atoms with Crippen LogP contribution in [0, 0.1) is 13.8 Å². The lowest BCUT2D eigenvalue weighted by Gasteiger charge is -2.04. The standard InChI is InChI=1S/C14H15N3OS/c1-8-7-11(5-6-15-8)17-13(18)12-9(2)16-14(19-12)10-3-4-10/h5-7,10H,3-4H2,1-2H3,(H,15,17,18). The summed E-state index contributed by atoms with van der Waals surface area (Å²) < 4.78 is 0. The maximum absolute atomic E-state index is 12.2. The fraction of sp³-hybridized carbons (Fsp3) is 0.357. The third-order valence-electron chi connectivity index (χ3n) is 3.10. The number of anilines is 1. The maximum atomic E-state index is 12.2. The third-order valence-corrected chi connectivity index (χ3v) is 4.42. The lowest BCUT2D eigenvalue weighted by molar-refractivity contribution is 0.103. The Hall–Kier alpha value is -1.75. The molecule has 1 amide bonds. The SMILES string of the molecule is Cc1cc(NC(=O)c2sc(C3CC3)nc2C)ccn1. The zero-order valence-electron chi connectivity index (χ0n) is 10.9. The molecule has 3 rings (SSSR count). The molecule has 1 aliphatic rings. The Morgan fingerprint density at radius 3 is 2.89 bits per heavy atom. The molecule has 2 heterocycles. The highest BCUT2D eigenvalue weighted by atomic mass is 32.1. The minimum Gasteiger partial charge on any atom is -0.321 e. The minimum atomic E-state index is -0.0764. The number of aromatic nitrogens is 2. The smallest absolute Gasteiger partial charge is 0.267 e. The van der Waals surface area contributed by atoms with E-state index in [4.69, 9.17) is 0 Å². The largest absolute Gasteiger partial charge is 0.321 e. The molecule has 2 aromatic rings. The average Bonchev–Trinajstić information content (AvgIpc) is 3.13. The van der Waals surface area contributed by atoms with Gasteiger partial charge < -0.3 is 5.32 Å². The number of amides is 1. The van der Waals surface area contributed by atoms with Crippen molar-refractivity contribution in [1.29, 1.82) is 0 Å². The van der Waals surface area contributed by atoms with Crippen LogP contribution >= 0.6 is 11.3 Å². The Labute approximate surface area is 115 Å². The summed E-state index contributed by atoms with van der Waals surface area (Å²) in [5.41, 5.74) is 2.49. The number of pyridine rings is 1. The molecule has 0 spiro atoms. The molecule has 0 bridgehead atoms. The highest BCUT2D eigenvalue weighted by Crippen LogP contribution is 2.42. The molecule has 0 atom stereocenters. The molecule has 19 heavy (non-hydrogen) atoms. The van der Waals surface area contributed by atoms with Gasteiger partial charge in [0.1, 0.15) is 4.88 Å². The highest BCUT2D eigenvalue weighted by molar-refractivity contribution is 7.14. The molecule has 98 valence electrons. The van der Waals surface area contributed by atoms with Gasteiger partial charge >= 0.3 is 0 Å². The summed E-state index contributed by atoms with van der Waals surface area (Å²) in [6, 6.07) is 3.65. The van der Waals surface area contributed by atoms with Crippen LogP contribution < -0.4 is 5.32 Å². The molecule has 5 heteroatoms. The number of rotatable bonds is 3. The van der Waals surface area contributed by atoms with Gasteiger partial charge in [-0.2, -0.15) is 0 Å². The molecule has 0 radical (unpaired) electrons. The van der Waals surface area contributed by atoms with Crippen LogP contribution in [0.1, 0.15) is 44.8 Å². The number of nitrogens with one attached hydrogen (secondary N) is 1. The molecular weight excluding hydrogens is 258 g/mol. The van der Waals surface area contributed by atoms with E-state index >= 15 is 0 Å². The lowest BCUT2D eigenvalue weighted by Crippen LogP contribution is -2.11. The number of nitrogens with zero attached hydrogens (tertiary/aromatic N) is 2. The van der Waals surface area contributed by atoms with E-state index in [1.54, 1.807) is 12.3 Å². The van der Waals surface area contributed by atoms with Crippen molar-refractivity contribution in [3.63, 3.8) is 0 Å². The monoisotopic (exact) mass is 273 g/mol. The number of carbonyl (C=O) groups excluding carboxylic acids is 1. The molecule has 1 N–H and O–H groups in total. The number of aryl methyl sites for hydroxylation is 2. The van der Waals surface area contributed by atoms with Crippen LogP contribution in [0.3, 0.4) is 0 Å². The van der Waals surface area contributed by atoms with Crippen LogP contribution in [0.15, 0.2) is 18.3 Å². The Bertz CT molecular complexity index is 631. The van der Waals surface area contributed by atoms with Gasteiger partial charge in [0.05, 0.1) is 10.7 Å². The maximum Gasteiger partial charge on any atom is 0.267 e. The molecule has 0 unspecified atom stereocenters. The Kier molecular flexibility index (Phi) is 3.06. The average molecular weight is 273 g/mol. The van der Waals surface area contributed by atoms with Crippen LogP contribution in [0.25, 0.3) is 0 Å².